The van der Waals surface area contributed by atoms with Crippen LogP contribution in [0.5, 0.6) is 0 Å². The molecule has 3 heterocycles. The summed E-state index contributed by atoms with van der Waals surface area (Å²) in [5.74, 6) is 1.85. The Hall–Kier alpha value is -2.61. The number of carbonyl (C=O) groups is 1. The summed E-state index contributed by atoms with van der Waals surface area (Å²) in [5, 5.41) is 23.8. The van der Waals surface area contributed by atoms with Crippen LogP contribution < -0.4 is 5.32 Å². The van der Waals surface area contributed by atoms with E-state index in [4.69, 9.17) is 4.42 Å². The van der Waals surface area contributed by atoms with Crippen molar-refractivity contribution in [2.75, 3.05) is 11.1 Å². The van der Waals surface area contributed by atoms with Crippen LogP contribution in [-0.4, -0.2) is 26.4 Å². The summed E-state index contributed by atoms with van der Waals surface area (Å²) < 4.78 is 8.93. The Balaban J connectivity index is 1.29. The minimum atomic E-state index is -0.159. The minimum absolute atomic E-state index is 0.159. The molecule has 0 spiro atoms. The normalized spacial score (nSPS) is 15.5. The molecule has 0 radical (unpaired) electrons. The topological polar surface area (TPSA) is 96.7 Å². The van der Waals surface area contributed by atoms with E-state index in [-0.39, 0.29) is 17.1 Å². The van der Waals surface area contributed by atoms with Gasteiger partial charge in [-0.1, -0.05) is 48.5 Å². The number of rotatable bonds is 6. The third-order valence-corrected chi connectivity index (χ3v) is 9.55. The second-order valence-electron chi connectivity index (χ2n) is 10.3. The molecular formula is C27H28BrN5O2S2. The third-order valence-electron chi connectivity index (χ3n) is 6.92. The first kappa shape index (κ1) is 26.0. The molecular weight excluding hydrogens is 570 g/mol. The van der Waals surface area contributed by atoms with Crippen molar-refractivity contribution >= 4 is 60.9 Å². The SMILES string of the molecule is CCn1c(SCC(=O)Nc2sc3c(c2C#N)CC[C@@H](C(C)(C)C)C3)nnc1-c1cc2cc(Br)ccc2o1. The molecule has 7 nitrogen and oxygen atoms in total. The molecule has 0 bridgehead atoms. The number of amides is 1. The van der Waals surface area contributed by atoms with Gasteiger partial charge in [0.1, 0.15) is 16.7 Å². The van der Waals surface area contributed by atoms with Crippen LogP contribution in [0.15, 0.2) is 38.3 Å². The number of nitrogens with zero attached hydrogens (tertiary/aromatic N) is 4. The van der Waals surface area contributed by atoms with Crippen molar-refractivity contribution in [3.8, 4) is 17.7 Å². The third kappa shape index (κ3) is 5.22. The van der Waals surface area contributed by atoms with E-state index in [0.29, 0.717) is 39.8 Å². The van der Waals surface area contributed by atoms with Gasteiger partial charge in [0.05, 0.1) is 11.3 Å². The molecule has 1 aliphatic rings. The Bertz CT molecular complexity index is 1520. The molecule has 1 N–H and O–H groups in total. The number of carbonyl (C=O) groups excluding carboxylic acids is 1. The van der Waals surface area contributed by atoms with Crippen LogP contribution in [-0.2, 0) is 24.2 Å². The lowest BCUT2D eigenvalue weighted by Crippen LogP contribution is -2.26. The number of hydrogen-bond acceptors (Lipinski definition) is 7. The molecule has 3 aromatic heterocycles. The number of nitriles is 1. The Kier molecular flexibility index (Phi) is 7.22. The van der Waals surface area contributed by atoms with Gasteiger partial charge in [-0.2, -0.15) is 5.26 Å². The van der Waals surface area contributed by atoms with Gasteiger partial charge >= 0.3 is 0 Å². The molecule has 1 aliphatic carbocycles. The fourth-order valence-electron chi connectivity index (χ4n) is 4.81. The largest absolute Gasteiger partial charge is 0.453 e. The maximum Gasteiger partial charge on any atom is 0.235 e. The molecule has 0 fully saturated rings. The van der Waals surface area contributed by atoms with Gasteiger partial charge < -0.3 is 9.73 Å². The Morgan fingerprint density at radius 2 is 2.16 bits per heavy atom. The average molecular weight is 599 g/mol. The van der Waals surface area contributed by atoms with Crippen LogP contribution >= 0.6 is 39.0 Å². The first-order valence-corrected chi connectivity index (χ1v) is 14.9. The van der Waals surface area contributed by atoms with Crippen LogP contribution in [0.4, 0.5) is 5.00 Å². The number of nitrogens with one attached hydrogen (secondary N) is 1. The van der Waals surface area contributed by atoms with E-state index in [0.717, 1.165) is 40.3 Å². The number of fused-ring (bicyclic) bond motifs is 2. The van der Waals surface area contributed by atoms with Gasteiger partial charge in [0, 0.05) is 21.3 Å². The highest BCUT2D eigenvalue weighted by atomic mass is 79.9. The number of thioether (sulfide) groups is 1. The van der Waals surface area contributed by atoms with E-state index in [2.05, 4.69) is 58.3 Å². The Morgan fingerprint density at radius 3 is 2.89 bits per heavy atom. The fraction of sp³-hybridized carbons (Fsp3) is 0.407. The molecule has 4 aromatic rings. The second-order valence-corrected chi connectivity index (χ2v) is 13.3. The van der Waals surface area contributed by atoms with Crippen LogP contribution in [0, 0.1) is 22.7 Å². The van der Waals surface area contributed by atoms with Gasteiger partial charge in [0.15, 0.2) is 10.9 Å². The standard InChI is InChI=1S/C27H28BrN5O2S2/c1-5-33-24(21-11-15-10-17(28)7-9-20(15)35-21)31-32-26(33)36-14-23(34)30-25-19(13-29)18-8-6-16(27(2,3)4)12-22(18)37-25/h7,9-11,16H,5-6,8,12,14H2,1-4H3,(H,30,34)/t16-/m1/s1. The van der Waals surface area contributed by atoms with Gasteiger partial charge in [0.25, 0.3) is 0 Å². The summed E-state index contributed by atoms with van der Waals surface area (Å²) in [6, 6.07) is 10.1. The highest BCUT2D eigenvalue weighted by Gasteiger charge is 2.32. The predicted octanol–water partition coefficient (Wildman–Crippen LogP) is 7.29. The van der Waals surface area contributed by atoms with Crippen LogP contribution in [0.3, 0.4) is 0 Å². The molecule has 10 heteroatoms. The fourth-order valence-corrected chi connectivity index (χ4v) is 7.29. The summed E-state index contributed by atoms with van der Waals surface area (Å²) in [6.45, 7) is 9.47. The van der Waals surface area contributed by atoms with Gasteiger partial charge in [-0.05, 0) is 67.3 Å². The van der Waals surface area contributed by atoms with E-state index >= 15 is 0 Å². The molecule has 37 heavy (non-hydrogen) atoms. The minimum Gasteiger partial charge on any atom is -0.453 e. The lowest BCUT2D eigenvalue weighted by Gasteiger charge is -2.33. The molecule has 0 saturated carbocycles. The van der Waals surface area contributed by atoms with Crippen molar-refractivity contribution in [2.45, 2.75) is 58.7 Å². The van der Waals surface area contributed by atoms with E-state index in [1.807, 2.05) is 35.8 Å². The molecule has 1 amide bonds. The van der Waals surface area contributed by atoms with Gasteiger partial charge in [-0.15, -0.1) is 21.5 Å². The number of furan rings is 1. The zero-order valence-corrected chi connectivity index (χ0v) is 24.4. The lowest BCUT2D eigenvalue weighted by molar-refractivity contribution is -0.113. The number of aromatic nitrogens is 3. The zero-order chi connectivity index (χ0) is 26.3. The van der Waals surface area contributed by atoms with Crippen molar-refractivity contribution in [3.05, 3.63) is 44.7 Å². The van der Waals surface area contributed by atoms with E-state index in [1.54, 1.807) is 11.3 Å². The summed E-state index contributed by atoms with van der Waals surface area (Å²) in [6.07, 6.45) is 2.93. The second kappa shape index (κ2) is 10.3. The van der Waals surface area contributed by atoms with E-state index in [1.165, 1.54) is 16.6 Å². The van der Waals surface area contributed by atoms with Crippen molar-refractivity contribution in [3.63, 3.8) is 0 Å². The van der Waals surface area contributed by atoms with Crippen LogP contribution in [0.2, 0.25) is 0 Å². The highest BCUT2D eigenvalue weighted by molar-refractivity contribution is 9.10. The maximum atomic E-state index is 12.9. The summed E-state index contributed by atoms with van der Waals surface area (Å²) in [7, 11) is 0. The number of anilines is 1. The predicted molar refractivity (Wildman–Crippen MR) is 152 cm³/mol. The molecule has 5 rings (SSSR count). The van der Waals surface area contributed by atoms with Gasteiger partial charge in [-0.25, -0.2) is 0 Å². The lowest BCUT2D eigenvalue weighted by atomic mass is 9.72. The Labute approximate surface area is 232 Å². The number of hydrogen-bond donors (Lipinski definition) is 1. The summed E-state index contributed by atoms with van der Waals surface area (Å²) in [5.41, 5.74) is 2.74. The highest BCUT2D eigenvalue weighted by Crippen LogP contribution is 2.44. The van der Waals surface area contributed by atoms with E-state index in [9.17, 15) is 10.1 Å². The molecule has 0 aliphatic heterocycles. The number of benzene rings is 1. The Morgan fingerprint density at radius 1 is 1.35 bits per heavy atom. The number of thiophene rings is 1. The molecule has 0 saturated heterocycles. The molecule has 1 aromatic carbocycles. The smallest absolute Gasteiger partial charge is 0.235 e. The van der Waals surface area contributed by atoms with Crippen molar-refractivity contribution < 1.29 is 9.21 Å². The van der Waals surface area contributed by atoms with Crippen LogP contribution in [0.1, 0.15) is 50.1 Å². The first-order chi connectivity index (χ1) is 17.7. The quantitative estimate of drug-likeness (QED) is 0.234. The van der Waals surface area contributed by atoms with Crippen molar-refractivity contribution in [2.24, 2.45) is 11.3 Å². The first-order valence-electron chi connectivity index (χ1n) is 12.3. The van der Waals surface area contributed by atoms with E-state index < -0.39 is 0 Å². The van der Waals surface area contributed by atoms with Gasteiger partial charge in [0.2, 0.25) is 11.7 Å². The summed E-state index contributed by atoms with van der Waals surface area (Å²) >= 11 is 6.37. The number of halogens is 1. The van der Waals surface area contributed by atoms with Crippen molar-refractivity contribution in [1.29, 1.82) is 5.26 Å². The molecule has 1 atom stereocenters. The molecule has 192 valence electrons. The summed E-state index contributed by atoms with van der Waals surface area (Å²) in [4.78, 5) is 14.1. The van der Waals surface area contributed by atoms with Crippen LogP contribution in [0.25, 0.3) is 22.6 Å². The van der Waals surface area contributed by atoms with Gasteiger partial charge in [-0.3, -0.25) is 9.36 Å². The molecule has 0 unspecified atom stereocenters. The maximum absolute atomic E-state index is 12.9. The monoisotopic (exact) mass is 597 g/mol. The average Bonchev–Trinajstić information content (AvgIpc) is 3.55. The van der Waals surface area contributed by atoms with Crippen molar-refractivity contribution in [1.82, 2.24) is 14.8 Å². The zero-order valence-electron chi connectivity index (χ0n) is 21.2.